The molecule has 1 unspecified atom stereocenters. The maximum atomic E-state index is 9.61. The number of hydrogen-bond donors (Lipinski definition) is 2. The smallest absolute Gasteiger partial charge is 0.130 e. The summed E-state index contributed by atoms with van der Waals surface area (Å²) >= 11 is 0. The van der Waals surface area contributed by atoms with Crippen molar-refractivity contribution in [3.8, 4) is 5.75 Å². The second-order valence-corrected chi connectivity index (χ2v) is 6.05. The molecule has 0 aliphatic rings. The van der Waals surface area contributed by atoms with Crippen LogP contribution in [-0.2, 0) is 13.2 Å². The van der Waals surface area contributed by atoms with E-state index < -0.39 is 0 Å². The fourth-order valence-electron chi connectivity index (χ4n) is 2.68. The molecule has 0 fully saturated rings. The van der Waals surface area contributed by atoms with Gasteiger partial charge in [-0.25, -0.2) is 0 Å². The summed E-state index contributed by atoms with van der Waals surface area (Å²) in [6.45, 7) is 1.93. The number of nitrogens with one attached hydrogen (secondary N) is 1. The van der Waals surface area contributed by atoms with Gasteiger partial charge in [0.15, 0.2) is 0 Å². The Morgan fingerprint density at radius 1 is 1.04 bits per heavy atom. The van der Waals surface area contributed by atoms with Gasteiger partial charge < -0.3 is 15.2 Å². The molecule has 0 aliphatic heterocycles. The van der Waals surface area contributed by atoms with Gasteiger partial charge in [-0.3, -0.25) is 9.97 Å². The predicted octanol–water partition coefficient (Wildman–Crippen LogP) is 2.92. The first-order chi connectivity index (χ1) is 12.8. The van der Waals surface area contributed by atoms with Gasteiger partial charge >= 0.3 is 0 Å². The topological polar surface area (TPSA) is 67.3 Å². The van der Waals surface area contributed by atoms with Crippen LogP contribution in [0.5, 0.6) is 5.75 Å². The lowest BCUT2D eigenvalue weighted by molar-refractivity contribution is 0.261. The van der Waals surface area contributed by atoms with Crippen LogP contribution in [0.2, 0.25) is 0 Å². The molecule has 0 amide bonds. The van der Waals surface area contributed by atoms with Crippen LogP contribution in [0.15, 0.2) is 73.2 Å². The number of aliphatic hydroxyl groups is 1. The lowest BCUT2D eigenvalue weighted by Crippen LogP contribution is -2.23. The van der Waals surface area contributed by atoms with Gasteiger partial charge in [0.2, 0.25) is 0 Å². The van der Waals surface area contributed by atoms with Crippen molar-refractivity contribution in [2.45, 2.75) is 19.1 Å². The Bertz CT molecular complexity index is 782. The summed E-state index contributed by atoms with van der Waals surface area (Å²) in [7, 11) is 0. The van der Waals surface area contributed by atoms with Gasteiger partial charge in [0.25, 0.3) is 0 Å². The van der Waals surface area contributed by atoms with Crippen LogP contribution in [0.3, 0.4) is 0 Å². The number of nitrogens with zero attached hydrogens (tertiary/aromatic N) is 2. The molecule has 0 radical (unpaired) electrons. The predicted molar refractivity (Wildman–Crippen MR) is 101 cm³/mol. The van der Waals surface area contributed by atoms with Gasteiger partial charge in [0, 0.05) is 37.6 Å². The zero-order valence-corrected chi connectivity index (χ0v) is 14.6. The summed E-state index contributed by atoms with van der Waals surface area (Å²) in [6.07, 6.45) is 5.30. The molecule has 2 aromatic heterocycles. The number of benzene rings is 1. The van der Waals surface area contributed by atoms with E-state index in [-0.39, 0.29) is 12.5 Å². The van der Waals surface area contributed by atoms with E-state index in [4.69, 9.17) is 4.74 Å². The molecule has 1 atom stereocenters. The van der Waals surface area contributed by atoms with Crippen molar-refractivity contribution in [2.75, 3.05) is 13.2 Å². The van der Waals surface area contributed by atoms with Gasteiger partial charge in [0.1, 0.15) is 12.4 Å². The highest BCUT2D eigenvalue weighted by atomic mass is 16.5. The van der Waals surface area contributed by atoms with Gasteiger partial charge in [-0.15, -0.1) is 0 Å². The third-order valence-electron chi connectivity index (χ3n) is 4.11. The van der Waals surface area contributed by atoms with Crippen LogP contribution >= 0.6 is 0 Å². The van der Waals surface area contributed by atoms with Gasteiger partial charge in [-0.1, -0.05) is 24.3 Å². The molecule has 0 aliphatic carbocycles. The van der Waals surface area contributed by atoms with Gasteiger partial charge in [-0.2, -0.15) is 0 Å². The molecule has 5 heteroatoms. The Labute approximate surface area is 153 Å². The maximum Gasteiger partial charge on any atom is 0.130 e. The zero-order chi connectivity index (χ0) is 18.0. The standard InChI is InChI=1S/C21H23N3O2/c25-15-19(18-6-4-9-22-13-18)14-23-12-17-5-3-8-21(11-17)26-16-20-7-1-2-10-24-20/h1-11,13,19,23,25H,12,14-16H2. The van der Waals surface area contributed by atoms with Crippen LogP contribution in [0.1, 0.15) is 22.7 Å². The quantitative estimate of drug-likeness (QED) is 0.622. The molecule has 0 saturated carbocycles. The van der Waals surface area contributed by atoms with Crippen molar-refractivity contribution in [2.24, 2.45) is 0 Å². The zero-order valence-electron chi connectivity index (χ0n) is 14.6. The summed E-state index contributed by atoms with van der Waals surface area (Å²) in [5, 5.41) is 13.0. The van der Waals surface area contributed by atoms with E-state index in [1.165, 1.54) is 0 Å². The average Bonchev–Trinajstić information content (AvgIpc) is 2.71. The SMILES string of the molecule is OCC(CNCc1cccc(OCc2ccccn2)c1)c1cccnc1. The second-order valence-electron chi connectivity index (χ2n) is 6.05. The highest BCUT2D eigenvalue weighted by molar-refractivity contribution is 5.28. The number of aromatic nitrogens is 2. The van der Waals surface area contributed by atoms with Gasteiger partial charge in [-0.05, 0) is 41.5 Å². The third kappa shape index (κ3) is 5.37. The van der Waals surface area contributed by atoms with E-state index in [9.17, 15) is 5.11 Å². The van der Waals surface area contributed by atoms with E-state index in [2.05, 4.69) is 21.4 Å². The normalized spacial score (nSPS) is 11.9. The first-order valence-electron chi connectivity index (χ1n) is 8.68. The minimum absolute atomic E-state index is 0.0345. The Morgan fingerprint density at radius 3 is 2.77 bits per heavy atom. The molecule has 26 heavy (non-hydrogen) atoms. The van der Waals surface area contributed by atoms with Crippen LogP contribution < -0.4 is 10.1 Å². The monoisotopic (exact) mass is 349 g/mol. The first-order valence-corrected chi connectivity index (χ1v) is 8.68. The molecular formula is C21H23N3O2. The highest BCUT2D eigenvalue weighted by Crippen LogP contribution is 2.16. The van der Waals surface area contributed by atoms with Crippen molar-refractivity contribution in [1.29, 1.82) is 0 Å². The van der Waals surface area contributed by atoms with Crippen molar-refractivity contribution < 1.29 is 9.84 Å². The minimum atomic E-state index is 0.0345. The average molecular weight is 349 g/mol. The molecule has 134 valence electrons. The summed E-state index contributed by atoms with van der Waals surface area (Å²) in [6, 6.07) is 17.7. The number of hydrogen-bond acceptors (Lipinski definition) is 5. The van der Waals surface area contributed by atoms with E-state index >= 15 is 0 Å². The number of rotatable bonds is 9. The molecule has 0 saturated heterocycles. The van der Waals surface area contributed by atoms with Gasteiger partial charge in [0.05, 0.1) is 12.3 Å². The lowest BCUT2D eigenvalue weighted by Gasteiger charge is -2.15. The van der Waals surface area contributed by atoms with E-state index in [1.54, 1.807) is 18.6 Å². The number of pyridine rings is 2. The minimum Gasteiger partial charge on any atom is -0.487 e. The maximum absolute atomic E-state index is 9.61. The van der Waals surface area contributed by atoms with Crippen molar-refractivity contribution in [3.05, 3.63) is 90.0 Å². The molecule has 0 bridgehead atoms. The highest BCUT2D eigenvalue weighted by Gasteiger charge is 2.10. The van der Waals surface area contributed by atoms with E-state index in [1.807, 2.05) is 48.5 Å². The van der Waals surface area contributed by atoms with Crippen molar-refractivity contribution >= 4 is 0 Å². The summed E-state index contributed by atoms with van der Waals surface area (Å²) in [4.78, 5) is 8.37. The van der Waals surface area contributed by atoms with Crippen LogP contribution in [0.4, 0.5) is 0 Å². The van der Waals surface area contributed by atoms with Crippen molar-refractivity contribution in [1.82, 2.24) is 15.3 Å². The van der Waals surface area contributed by atoms with Crippen LogP contribution in [0.25, 0.3) is 0 Å². The molecule has 2 heterocycles. The Balaban J connectivity index is 1.50. The van der Waals surface area contributed by atoms with E-state index in [0.717, 1.165) is 22.6 Å². The third-order valence-corrected chi connectivity index (χ3v) is 4.11. The van der Waals surface area contributed by atoms with Crippen LogP contribution in [-0.4, -0.2) is 28.2 Å². The molecular weight excluding hydrogens is 326 g/mol. The Morgan fingerprint density at radius 2 is 2.00 bits per heavy atom. The number of aliphatic hydroxyl groups excluding tert-OH is 1. The summed E-state index contributed by atoms with van der Waals surface area (Å²) < 4.78 is 5.81. The van der Waals surface area contributed by atoms with Crippen LogP contribution in [0, 0.1) is 0 Å². The Hall–Kier alpha value is -2.76. The lowest BCUT2D eigenvalue weighted by atomic mass is 10.0. The fraction of sp³-hybridized carbons (Fsp3) is 0.238. The molecule has 2 N–H and O–H groups in total. The molecule has 3 aromatic rings. The molecule has 3 rings (SSSR count). The summed E-state index contributed by atoms with van der Waals surface area (Å²) in [5.74, 6) is 0.855. The first kappa shape index (κ1) is 18.0. The summed E-state index contributed by atoms with van der Waals surface area (Å²) in [5.41, 5.74) is 3.07. The molecule has 5 nitrogen and oxygen atoms in total. The molecule has 1 aromatic carbocycles. The largest absolute Gasteiger partial charge is 0.487 e. The Kier molecular flexibility index (Phi) is 6.70. The van der Waals surface area contributed by atoms with E-state index in [0.29, 0.717) is 19.7 Å². The second kappa shape index (κ2) is 9.65. The molecule has 0 spiro atoms. The van der Waals surface area contributed by atoms with Crippen molar-refractivity contribution in [3.63, 3.8) is 0 Å². The number of ether oxygens (including phenoxy) is 1. The fourth-order valence-corrected chi connectivity index (χ4v) is 2.68.